The quantitative estimate of drug-likeness (QED) is 0.206. The first-order valence-corrected chi connectivity index (χ1v) is 13.3. The lowest BCUT2D eigenvalue weighted by molar-refractivity contribution is 0.0378. The van der Waals surface area contributed by atoms with E-state index in [4.69, 9.17) is 24.0 Å². The summed E-state index contributed by atoms with van der Waals surface area (Å²) in [6.45, 7) is 1.82. The van der Waals surface area contributed by atoms with E-state index in [-0.39, 0.29) is 33.5 Å². The highest BCUT2D eigenvalue weighted by atomic mass is 31.2. The number of benzene rings is 3. The minimum absolute atomic E-state index is 0.0717. The van der Waals surface area contributed by atoms with Gasteiger partial charge >= 0.3 is 13.8 Å². The molecule has 204 valence electrons. The number of nitrogens with zero attached hydrogens (tertiary/aromatic N) is 1. The third-order valence-corrected chi connectivity index (χ3v) is 6.09. The monoisotopic (exact) mass is 557 g/mol. The maximum atomic E-state index is 15.1. The summed E-state index contributed by atoms with van der Waals surface area (Å²) in [6, 6.07) is 14.2. The van der Waals surface area contributed by atoms with Gasteiger partial charge in [-0.1, -0.05) is 19.1 Å². The Morgan fingerprint density at radius 1 is 1.00 bits per heavy atom. The van der Waals surface area contributed by atoms with Crippen LogP contribution in [0.1, 0.15) is 23.7 Å². The summed E-state index contributed by atoms with van der Waals surface area (Å²) in [5.41, 5.74) is 0.318. The first kappa shape index (κ1) is 27.8. The molecular formula is C27H25FNO9P. The molecular weight excluding hydrogens is 532 g/mol. The van der Waals surface area contributed by atoms with Crippen LogP contribution in [-0.2, 0) is 16.0 Å². The fourth-order valence-electron chi connectivity index (χ4n) is 3.87. The second-order valence-electron chi connectivity index (χ2n) is 8.35. The van der Waals surface area contributed by atoms with Gasteiger partial charge < -0.3 is 23.3 Å². The molecule has 0 amide bonds. The van der Waals surface area contributed by atoms with Crippen molar-refractivity contribution in [2.75, 3.05) is 13.7 Å². The van der Waals surface area contributed by atoms with Crippen molar-refractivity contribution in [3.05, 3.63) is 88.5 Å². The van der Waals surface area contributed by atoms with Crippen LogP contribution in [0.25, 0.3) is 22.0 Å². The highest BCUT2D eigenvalue weighted by Crippen LogP contribution is 2.37. The number of methoxy groups -OCH3 is 1. The third-order valence-electron chi connectivity index (χ3n) is 5.65. The first-order valence-electron chi connectivity index (χ1n) is 11.8. The number of pyridine rings is 1. The number of carbonyl (C=O) groups is 1. The second-order valence-corrected chi connectivity index (χ2v) is 9.52. The highest BCUT2D eigenvalue weighted by Gasteiger charge is 2.20. The number of esters is 1. The van der Waals surface area contributed by atoms with Crippen LogP contribution in [0, 0.1) is 5.82 Å². The van der Waals surface area contributed by atoms with Crippen LogP contribution < -0.4 is 19.4 Å². The van der Waals surface area contributed by atoms with Crippen LogP contribution in [-0.4, -0.2) is 34.0 Å². The molecule has 0 unspecified atom stereocenters. The lowest BCUT2D eigenvalue weighted by Crippen LogP contribution is -2.17. The summed E-state index contributed by atoms with van der Waals surface area (Å²) in [5, 5.41) is -0.216. The molecule has 4 rings (SSSR count). The van der Waals surface area contributed by atoms with Gasteiger partial charge in [0.1, 0.15) is 28.6 Å². The summed E-state index contributed by atoms with van der Waals surface area (Å²) in [7, 11) is -3.24. The van der Waals surface area contributed by atoms with E-state index in [9.17, 15) is 14.2 Å². The molecule has 0 bridgehead atoms. The van der Waals surface area contributed by atoms with Crippen LogP contribution in [0.4, 0.5) is 4.39 Å². The standard InChI is InChI=1S/C27H25FNO9P/c1-3-14-36-23-13-12-22(28)24-25(23)29(15-21(26(24)30)17-4-8-19(35-2)9-5-17)16-37-27(31)18-6-10-20(11-7-18)38-39(32,33)34/h4-13,15H,3,14,16H2,1-2H3,(H2,32,33,34). The zero-order valence-electron chi connectivity index (χ0n) is 21.0. The molecule has 10 nitrogen and oxygen atoms in total. The Morgan fingerprint density at radius 2 is 1.67 bits per heavy atom. The summed E-state index contributed by atoms with van der Waals surface area (Å²) in [5.74, 6) is -0.837. The second kappa shape index (κ2) is 11.7. The molecule has 0 saturated heterocycles. The number of phosphoric acid groups is 1. The van der Waals surface area contributed by atoms with Crippen molar-refractivity contribution < 1.29 is 42.3 Å². The number of hydrogen-bond donors (Lipinski definition) is 2. The molecule has 1 aromatic heterocycles. The Kier molecular flexibility index (Phi) is 8.35. The zero-order chi connectivity index (χ0) is 28.2. The van der Waals surface area contributed by atoms with E-state index < -0.39 is 31.8 Å². The smallest absolute Gasteiger partial charge is 0.497 e. The highest BCUT2D eigenvalue weighted by molar-refractivity contribution is 7.46. The largest absolute Gasteiger partial charge is 0.524 e. The fourth-order valence-corrected chi connectivity index (χ4v) is 4.27. The average molecular weight is 557 g/mol. The lowest BCUT2D eigenvalue weighted by atomic mass is 10.0. The number of phosphoric ester groups is 1. The minimum Gasteiger partial charge on any atom is -0.497 e. The van der Waals surface area contributed by atoms with Gasteiger partial charge in [-0.15, -0.1) is 0 Å². The Balaban J connectivity index is 1.74. The van der Waals surface area contributed by atoms with Crippen LogP contribution in [0.15, 0.2) is 71.7 Å². The van der Waals surface area contributed by atoms with Gasteiger partial charge in [0.2, 0.25) is 0 Å². The molecule has 0 aliphatic heterocycles. The number of halogens is 1. The molecule has 0 atom stereocenters. The molecule has 3 aromatic carbocycles. The van der Waals surface area contributed by atoms with Crippen molar-refractivity contribution >= 4 is 24.7 Å². The van der Waals surface area contributed by atoms with Crippen LogP contribution in [0.3, 0.4) is 0 Å². The normalized spacial score (nSPS) is 11.3. The van der Waals surface area contributed by atoms with E-state index in [1.54, 1.807) is 24.3 Å². The molecule has 0 aliphatic rings. The summed E-state index contributed by atoms with van der Waals surface area (Å²) in [4.78, 5) is 44.1. The predicted molar refractivity (Wildman–Crippen MR) is 140 cm³/mol. The van der Waals surface area contributed by atoms with Gasteiger partial charge in [0, 0.05) is 11.8 Å². The average Bonchev–Trinajstić information content (AvgIpc) is 2.91. The van der Waals surface area contributed by atoms with Crippen molar-refractivity contribution in [1.29, 1.82) is 0 Å². The van der Waals surface area contributed by atoms with Gasteiger partial charge in [-0.05, 0) is 60.5 Å². The number of carbonyl (C=O) groups excluding carboxylic acids is 1. The molecule has 0 saturated carbocycles. The minimum atomic E-state index is -4.75. The van der Waals surface area contributed by atoms with Crippen molar-refractivity contribution in [3.63, 3.8) is 0 Å². The van der Waals surface area contributed by atoms with E-state index in [0.717, 1.165) is 6.07 Å². The maximum absolute atomic E-state index is 15.1. The van der Waals surface area contributed by atoms with Gasteiger partial charge in [0.25, 0.3) is 0 Å². The topological polar surface area (TPSA) is 134 Å². The van der Waals surface area contributed by atoms with Crippen LogP contribution in [0.2, 0.25) is 0 Å². The first-order chi connectivity index (χ1) is 18.6. The van der Waals surface area contributed by atoms with Crippen molar-refractivity contribution in [2.45, 2.75) is 20.1 Å². The number of rotatable bonds is 10. The Labute approximate surface area is 222 Å². The van der Waals surface area contributed by atoms with E-state index in [2.05, 4.69) is 4.52 Å². The molecule has 0 radical (unpaired) electrons. The molecule has 0 aliphatic carbocycles. The Hall–Kier alpha value is -4.18. The number of hydrogen-bond acceptors (Lipinski definition) is 7. The molecule has 2 N–H and O–H groups in total. The fraction of sp³-hybridized carbons (Fsp3) is 0.185. The van der Waals surface area contributed by atoms with Crippen LogP contribution >= 0.6 is 7.82 Å². The molecule has 0 spiro atoms. The molecule has 0 fully saturated rings. The third kappa shape index (κ3) is 6.46. The van der Waals surface area contributed by atoms with Gasteiger partial charge in [-0.3, -0.25) is 14.6 Å². The van der Waals surface area contributed by atoms with E-state index >= 15 is 4.39 Å². The number of ether oxygens (including phenoxy) is 3. The van der Waals surface area contributed by atoms with E-state index in [0.29, 0.717) is 24.3 Å². The Morgan fingerprint density at radius 3 is 2.28 bits per heavy atom. The van der Waals surface area contributed by atoms with E-state index in [1.165, 1.54) is 48.2 Å². The van der Waals surface area contributed by atoms with E-state index in [1.807, 2.05) is 6.92 Å². The Bertz CT molecular complexity index is 1600. The van der Waals surface area contributed by atoms with Crippen molar-refractivity contribution in [2.24, 2.45) is 0 Å². The predicted octanol–water partition coefficient (Wildman–Crippen LogP) is 4.89. The molecule has 39 heavy (non-hydrogen) atoms. The maximum Gasteiger partial charge on any atom is 0.524 e. The van der Waals surface area contributed by atoms with Gasteiger partial charge in [-0.2, -0.15) is 0 Å². The summed E-state index contributed by atoms with van der Waals surface area (Å²) in [6.07, 6.45) is 2.14. The van der Waals surface area contributed by atoms with Gasteiger partial charge in [0.05, 0.1) is 24.7 Å². The van der Waals surface area contributed by atoms with Crippen LogP contribution in [0.5, 0.6) is 17.2 Å². The molecule has 1 heterocycles. The number of aromatic nitrogens is 1. The summed E-state index contributed by atoms with van der Waals surface area (Å²) < 4.78 is 48.4. The van der Waals surface area contributed by atoms with Gasteiger partial charge in [-0.25, -0.2) is 13.8 Å². The molecule has 4 aromatic rings. The van der Waals surface area contributed by atoms with Crippen molar-refractivity contribution in [3.8, 4) is 28.4 Å². The van der Waals surface area contributed by atoms with Gasteiger partial charge in [0.15, 0.2) is 12.2 Å². The SMILES string of the molecule is CCCOc1ccc(F)c2c(=O)c(-c3ccc(OC)cc3)cn(COC(=O)c3ccc(OP(=O)(O)O)cc3)c12. The summed E-state index contributed by atoms with van der Waals surface area (Å²) >= 11 is 0. The number of fused-ring (bicyclic) bond motifs is 1. The zero-order valence-corrected chi connectivity index (χ0v) is 21.9. The van der Waals surface area contributed by atoms with Crippen molar-refractivity contribution in [1.82, 2.24) is 4.57 Å². The lowest BCUT2D eigenvalue weighted by Gasteiger charge is -2.18. The molecule has 12 heteroatoms.